The average molecular weight is 490 g/mol. The summed E-state index contributed by atoms with van der Waals surface area (Å²) < 4.78 is 10.6. The second kappa shape index (κ2) is 21.4. The minimum Gasteiger partial charge on any atom is -0.461 e. The van der Waals surface area contributed by atoms with Gasteiger partial charge in [-0.05, 0) is 30.9 Å². The lowest BCUT2D eigenvalue weighted by Crippen LogP contribution is -2.14. The Bertz CT molecular complexity index is 674. The van der Waals surface area contributed by atoms with Crippen LogP contribution < -0.4 is 0 Å². The molecule has 0 N–H and O–H groups in total. The molecule has 1 aromatic heterocycles. The molecule has 0 aromatic carbocycles. The summed E-state index contributed by atoms with van der Waals surface area (Å²) in [7, 11) is 0. The van der Waals surface area contributed by atoms with Crippen LogP contribution in [0.1, 0.15) is 151 Å². The third-order valence-electron chi connectivity index (χ3n) is 6.33. The molecule has 0 spiro atoms. The van der Waals surface area contributed by atoms with E-state index in [1.807, 2.05) is 0 Å². The van der Waals surface area contributed by atoms with E-state index in [9.17, 15) is 9.59 Å². The number of rotatable bonds is 22. The van der Waals surface area contributed by atoms with Crippen molar-refractivity contribution in [2.24, 2.45) is 5.92 Å². The van der Waals surface area contributed by atoms with Crippen LogP contribution in [-0.2, 0) is 9.47 Å². The van der Waals surface area contributed by atoms with Crippen molar-refractivity contribution in [3.8, 4) is 0 Å². The fourth-order valence-electron chi connectivity index (χ4n) is 4.01. The zero-order chi connectivity index (χ0) is 25.6. The van der Waals surface area contributed by atoms with E-state index in [1.165, 1.54) is 89.9 Å². The number of ether oxygens (including phenoxy) is 2. The van der Waals surface area contributed by atoms with Crippen LogP contribution in [0.15, 0.2) is 18.2 Å². The van der Waals surface area contributed by atoms with Crippen LogP contribution >= 0.6 is 0 Å². The molecule has 0 aliphatic heterocycles. The van der Waals surface area contributed by atoms with Crippen molar-refractivity contribution in [2.45, 2.75) is 130 Å². The molecule has 200 valence electrons. The Kier molecular flexibility index (Phi) is 19.0. The van der Waals surface area contributed by atoms with E-state index in [2.05, 4.69) is 25.8 Å². The third-order valence-corrected chi connectivity index (χ3v) is 6.33. The van der Waals surface area contributed by atoms with E-state index in [-0.39, 0.29) is 11.4 Å². The minimum absolute atomic E-state index is 0.144. The largest absolute Gasteiger partial charge is 0.461 e. The van der Waals surface area contributed by atoms with Crippen molar-refractivity contribution in [3.05, 3.63) is 29.6 Å². The van der Waals surface area contributed by atoms with Crippen molar-refractivity contribution >= 4 is 11.9 Å². The molecule has 5 nitrogen and oxygen atoms in total. The summed E-state index contributed by atoms with van der Waals surface area (Å²) in [6.07, 6.45) is 21.8. The quantitative estimate of drug-likeness (QED) is 0.120. The van der Waals surface area contributed by atoms with Gasteiger partial charge in [-0.2, -0.15) is 0 Å². The van der Waals surface area contributed by atoms with Gasteiger partial charge in [0.1, 0.15) is 11.4 Å². The van der Waals surface area contributed by atoms with Crippen LogP contribution in [-0.4, -0.2) is 30.1 Å². The van der Waals surface area contributed by atoms with Gasteiger partial charge in [-0.15, -0.1) is 0 Å². The molecular formula is C30H51NO4. The lowest BCUT2D eigenvalue weighted by Gasteiger charge is -2.08. The fourth-order valence-corrected chi connectivity index (χ4v) is 4.01. The predicted molar refractivity (Wildman–Crippen MR) is 144 cm³/mol. The van der Waals surface area contributed by atoms with Gasteiger partial charge in [0.25, 0.3) is 0 Å². The van der Waals surface area contributed by atoms with Gasteiger partial charge in [0.15, 0.2) is 0 Å². The van der Waals surface area contributed by atoms with Crippen LogP contribution in [0.2, 0.25) is 0 Å². The number of hydrogen-bond acceptors (Lipinski definition) is 5. The maximum Gasteiger partial charge on any atom is 0.356 e. The Morgan fingerprint density at radius 2 is 1.06 bits per heavy atom. The highest BCUT2D eigenvalue weighted by Crippen LogP contribution is 2.14. The Hall–Kier alpha value is -1.91. The van der Waals surface area contributed by atoms with Crippen molar-refractivity contribution in [2.75, 3.05) is 13.2 Å². The predicted octanol–water partition coefficient (Wildman–Crippen LogP) is 8.70. The molecule has 0 atom stereocenters. The highest BCUT2D eigenvalue weighted by molar-refractivity contribution is 5.91. The molecule has 0 fully saturated rings. The SMILES string of the molecule is CCCCCCCCCCCCCCCCCCOC(=O)c1cccc(C(=O)OCCC(C)C)n1. The molecule has 0 bridgehead atoms. The highest BCUT2D eigenvalue weighted by Gasteiger charge is 2.14. The molecule has 0 radical (unpaired) electrons. The topological polar surface area (TPSA) is 65.5 Å². The van der Waals surface area contributed by atoms with Crippen LogP contribution in [0.25, 0.3) is 0 Å². The number of aromatic nitrogens is 1. The molecule has 0 saturated heterocycles. The number of nitrogens with zero attached hydrogens (tertiary/aromatic N) is 1. The molecule has 0 aliphatic carbocycles. The first-order valence-electron chi connectivity index (χ1n) is 14.4. The number of unbranched alkanes of at least 4 members (excludes halogenated alkanes) is 15. The zero-order valence-corrected chi connectivity index (χ0v) is 22.8. The van der Waals surface area contributed by atoms with E-state index < -0.39 is 11.9 Å². The average Bonchev–Trinajstić information content (AvgIpc) is 2.85. The molecule has 1 heterocycles. The van der Waals surface area contributed by atoms with Gasteiger partial charge in [-0.1, -0.05) is 123 Å². The maximum absolute atomic E-state index is 12.2. The van der Waals surface area contributed by atoms with Crippen molar-refractivity contribution in [1.82, 2.24) is 4.98 Å². The number of esters is 2. The first kappa shape index (κ1) is 31.1. The second-order valence-corrected chi connectivity index (χ2v) is 10.2. The highest BCUT2D eigenvalue weighted by atomic mass is 16.5. The smallest absolute Gasteiger partial charge is 0.356 e. The molecule has 0 amide bonds. The second-order valence-electron chi connectivity index (χ2n) is 10.2. The van der Waals surface area contributed by atoms with Crippen molar-refractivity contribution < 1.29 is 19.1 Å². The van der Waals surface area contributed by atoms with Crippen LogP contribution in [0, 0.1) is 5.92 Å². The number of carbonyl (C=O) groups excluding carboxylic acids is 2. The van der Waals surface area contributed by atoms with E-state index in [0.717, 1.165) is 19.3 Å². The summed E-state index contributed by atoms with van der Waals surface area (Å²) in [5.41, 5.74) is 0.297. The Labute approximate surface area is 214 Å². The Balaban J connectivity index is 1.99. The molecule has 35 heavy (non-hydrogen) atoms. The summed E-state index contributed by atoms with van der Waals surface area (Å²) in [6, 6.07) is 4.77. The van der Waals surface area contributed by atoms with Crippen molar-refractivity contribution in [1.29, 1.82) is 0 Å². The molecule has 0 aliphatic rings. The van der Waals surface area contributed by atoms with E-state index in [1.54, 1.807) is 18.2 Å². The van der Waals surface area contributed by atoms with Gasteiger partial charge >= 0.3 is 11.9 Å². The number of pyridine rings is 1. The lowest BCUT2D eigenvalue weighted by atomic mass is 10.0. The van der Waals surface area contributed by atoms with Crippen LogP contribution in [0.3, 0.4) is 0 Å². The van der Waals surface area contributed by atoms with Gasteiger partial charge in [0, 0.05) is 0 Å². The zero-order valence-electron chi connectivity index (χ0n) is 22.8. The van der Waals surface area contributed by atoms with Gasteiger partial charge in [-0.25, -0.2) is 14.6 Å². The summed E-state index contributed by atoms with van der Waals surface area (Å²) >= 11 is 0. The fraction of sp³-hybridized carbons (Fsp3) is 0.767. The first-order chi connectivity index (χ1) is 17.0. The standard InChI is InChI=1S/C30H51NO4/c1-4-5-6-7-8-9-10-11-12-13-14-15-16-17-18-19-24-34-29(32)27-21-20-22-28(31-27)30(33)35-25-23-26(2)3/h20-22,26H,4-19,23-25H2,1-3H3. The lowest BCUT2D eigenvalue weighted by molar-refractivity contribution is 0.0476. The molecule has 1 aromatic rings. The molecule has 5 heteroatoms. The van der Waals surface area contributed by atoms with E-state index in [4.69, 9.17) is 9.47 Å². The number of hydrogen-bond donors (Lipinski definition) is 0. The van der Waals surface area contributed by atoms with Crippen molar-refractivity contribution in [3.63, 3.8) is 0 Å². The van der Waals surface area contributed by atoms with Crippen LogP contribution in [0.4, 0.5) is 0 Å². The van der Waals surface area contributed by atoms with E-state index in [0.29, 0.717) is 19.1 Å². The minimum atomic E-state index is -0.502. The molecule has 0 saturated carbocycles. The van der Waals surface area contributed by atoms with Gasteiger partial charge in [-0.3, -0.25) is 0 Å². The third kappa shape index (κ3) is 17.2. The summed E-state index contributed by atoms with van der Waals surface area (Å²) in [5, 5.41) is 0. The Morgan fingerprint density at radius 1 is 0.657 bits per heavy atom. The van der Waals surface area contributed by atoms with Gasteiger partial charge in [0.2, 0.25) is 0 Å². The van der Waals surface area contributed by atoms with Gasteiger partial charge < -0.3 is 9.47 Å². The van der Waals surface area contributed by atoms with E-state index >= 15 is 0 Å². The number of carbonyl (C=O) groups is 2. The summed E-state index contributed by atoms with van der Waals surface area (Å²) in [6.45, 7) is 7.16. The van der Waals surface area contributed by atoms with Gasteiger partial charge in [0.05, 0.1) is 13.2 Å². The molecule has 1 rings (SSSR count). The molecular weight excluding hydrogens is 438 g/mol. The maximum atomic E-state index is 12.2. The monoisotopic (exact) mass is 489 g/mol. The normalized spacial score (nSPS) is 11.1. The first-order valence-corrected chi connectivity index (χ1v) is 14.4. The summed E-state index contributed by atoms with van der Waals surface area (Å²) in [4.78, 5) is 28.5. The summed E-state index contributed by atoms with van der Waals surface area (Å²) in [5.74, 6) is -0.525. The Morgan fingerprint density at radius 3 is 1.49 bits per heavy atom. The molecule has 0 unspecified atom stereocenters. The van der Waals surface area contributed by atoms with Crippen LogP contribution in [0.5, 0.6) is 0 Å².